The highest BCUT2D eigenvalue weighted by atomic mass is 35.5. The zero-order valence-electron chi connectivity index (χ0n) is 15.6. The maximum atomic E-state index is 12.3. The molecule has 2 N–H and O–H groups in total. The molecule has 0 aliphatic rings. The van der Waals surface area contributed by atoms with E-state index in [1.54, 1.807) is 38.5 Å². The third-order valence-corrected chi connectivity index (χ3v) is 4.38. The van der Waals surface area contributed by atoms with Crippen LogP contribution in [0.5, 0.6) is 11.5 Å². The first-order valence-electron chi connectivity index (χ1n) is 8.38. The number of rotatable bonds is 6. The number of methoxy groups -OCH3 is 2. The Morgan fingerprint density at radius 1 is 0.964 bits per heavy atom. The van der Waals surface area contributed by atoms with Crippen molar-refractivity contribution in [3.63, 3.8) is 0 Å². The van der Waals surface area contributed by atoms with Crippen molar-refractivity contribution in [3.05, 3.63) is 65.1 Å². The van der Waals surface area contributed by atoms with Gasteiger partial charge in [-0.3, -0.25) is 4.79 Å². The first-order valence-corrected chi connectivity index (χ1v) is 8.76. The summed E-state index contributed by atoms with van der Waals surface area (Å²) < 4.78 is 10.5. The molecule has 0 aliphatic carbocycles. The molecular formula is C20H19ClN4O3. The first-order chi connectivity index (χ1) is 13.5. The van der Waals surface area contributed by atoms with Gasteiger partial charge in [0.05, 0.1) is 26.6 Å². The van der Waals surface area contributed by atoms with Gasteiger partial charge in [0, 0.05) is 22.5 Å². The van der Waals surface area contributed by atoms with Crippen LogP contribution in [0.2, 0.25) is 5.02 Å². The molecule has 8 heteroatoms. The summed E-state index contributed by atoms with van der Waals surface area (Å²) in [6, 6.07) is 10.7. The van der Waals surface area contributed by atoms with Gasteiger partial charge in [-0.05, 0) is 36.8 Å². The van der Waals surface area contributed by atoms with Crippen LogP contribution in [0.3, 0.4) is 0 Å². The van der Waals surface area contributed by atoms with E-state index in [9.17, 15) is 4.79 Å². The Labute approximate surface area is 167 Å². The zero-order chi connectivity index (χ0) is 20.1. The molecule has 28 heavy (non-hydrogen) atoms. The van der Waals surface area contributed by atoms with Crippen LogP contribution in [0.25, 0.3) is 0 Å². The van der Waals surface area contributed by atoms with Gasteiger partial charge < -0.3 is 20.1 Å². The van der Waals surface area contributed by atoms with Crippen molar-refractivity contribution in [2.45, 2.75) is 6.92 Å². The van der Waals surface area contributed by atoms with Crippen LogP contribution in [-0.2, 0) is 0 Å². The number of anilines is 3. The summed E-state index contributed by atoms with van der Waals surface area (Å²) in [5, 5.41) is 6.43. The molecule has 0 radical (unpaired) electrons. The summed E-state index contributed by atoms with van der Waals surface area (Å²) in [6.45, 7) is 1.89. The third kappa shape index (κ3) is 4.50. The van der Waals surface area contributed by atoms with Crippen molar-refractivity contribution in [2.24, 2.45) is 0 Å². The van der Waals surface area contributed by atoms with Crippen LogP contribution in [0, 0.1) is 6.92 Å². The average Bonchev–Trinajstić information content (AvgIpc) is 2.71. The predicted octanol–water partition coefficient (Wildman–Crippen LogP) is 4.45. The van der Waals surface area contributed by atoms with Crippen molar-refractivity contribution in [1.82, 2.24) is 9.97 Å². The van der Waals surface area contributed by atoms with E-state index in [2.05, 4.69) is 20.6 Å². The molecule has 0 saturated heterocycles. The van der Waals surface area contributed by atoms with E-state index in [4.69, 9.17) is 21.1 Å². The Balaban J connectivity index is 1.69. The highest BCUT2D eigenvalue weighted by Crippen LogP contribution is 2.30. The van der Waals surface area contributed by atoms with Gasteiger partial charge in [0.25, 0.3) is 5.91 Å². The summed E-state index contributed by atoms with van der Waals surface area (Å²) in [5.41, 5.74) is 2.47. The van der Waals surface area contributed by atoms with Gasteiger partial charge >= 0.3 is 0 Å². The summed E-state index contributed by atoms with van der Waals surface area (Å²) in [4.78, 5) is 20.7. The van der Waals surface area contributed by atoms with Crippen molar-refractivity contribution in [2.75, 3.05) is 24.9 Å². The number of amides is 1. The van der Waals surface area contributed by atoms with Crippen molar-refractivity contribution >= 4 is 34.7 Å². The second-order valence-electron chi connectivity index (χ2n) is 5.90. The van der Waals surface area contributed by atoms with E-state index in [0.29, 0.717) is 28.0 Å². The zero-order valence-corrected chi connectivity index (χ0v) is 16.4. The van der Waals surface area contributed by atoms with Crippen LogP contribution >= 0.6 is 11.6 Å². The van der Waals surface area contributed by atoms with Gasteiger partial charge in [-0.25, -0.2) is 9.97 Å². The SMILES string of the molecule is COc1ccc(Nc2cnc(C(=O)Nc3ccc(C)c(Cl)c3)cn2)cc1OC. The van der Waals surface area contributed by atoms with Crippen LogP contribution in [0.15, 0.2) is 48.8 Å². The van der Waals surface area contributed by atoms with E-state index in [1.807, 2.05) is 19.1 Å². The van der Waals surface area contributed by atoms with E-state index in [1.165, 1.54) is 12.4 Å². The second kappa shape index (κ2) is 8.58. The lowest BCUT2D eigenvalue weighted by molar-refractivity contribution is 0.102. The Hall–Kier alpha value is -3.32. The van der Waals surface area contributed by atoms with Crippen molar-refractivity contribution in [1.29, 1.82) is 0 Å². The number of hydrogen-bond donors (Lipinski definition) is 2. The van der Waals surface area contributed by atoms with Crippen LogP contribution in [0.4, 0.5) is 17.2 Å². The molecule has 0 atom stereocenters. The van der Waals surface area contributed by atoms with Gasteiger partial charge in [0.1, 0.15) is 11.5 Å². The van der Waals surface area contributed by atoms with E-state index in [0.717, 1.165) is 11.3 Å². The molecule has 0 spiro atoms. The average molecular weight is 399 g/mol. The number of carbonyl (C=O) groups is 1. The highest BCUT2D eigenvalue weighted by Gasteiger charge is 2.10. The molecule has 0 bridgehead atoms. The fraction of sp³-hybridized carbons (Fsp3) is 0.150. The summed E-state index contributed by atoms with van der Waals surface area (Å²) >= 11 is 6.08. The lowest BCUT2D eigenvalue weighted by Crippen LogP contribution is -2.14. The monoisotopic (exact) mass is 398 g/mol. The molecule has 1 amide bonds. The quantitative estimate of drug-likeness (QED) is 0.638. The van der Waals surface area contributed by atoms with Gasteiger partial charge in [-0.15, -0.1) is 0 Å². The Kier molecular flexibility index (Phi) is 5.96. The van der Waals surface area contributed by atoms with Gasteiger partial charge in [-0.2, -0.15) is 0 Å². The molecule has 0 unspecified atom stereocenters. The van der Waals surface area contributed by atoms with E-state index in [-0.39, 0.29) is 11.6 Å². The number of hydrogen-bond acceptors (Lipinski definition) is 6. The standard InChI is InChI=1S/C20H19ClN4O3/c1-12-4-5-13(8-15(12)21)25-20(26)16-10-23-19(11-22-16)24-14-6-7-17(27-2)18(9-14)28-3/h4-11H,1-3H3,(H,23,24)(H,25,26). The normalized spacial score (nSPS) is 10.3. The number of aromatic nitrogens is 2. The maximum absolute atomic E-state index is 12.3. The minimum absolute atomic E-state index is 0.189. The molecule has 3 aromatic rings. The van der Waals surface area contributed by atoms with Crippen molar-refractivity contribution in [3.8, 4) is 11.5 Å². The van der Waals surface area contributed by atoms with Crippen LogP contribution < -0.4 is 20.1 Å². The van der Waals surface area contributed by atoms with Gasteiger partial charge in [0.15, 0.2) is 11.5 Å². The number of halogens is 1. The summed E-state index contributed by atoms with van der Waals surface area (Å²) in [6.07, 6.45) is 2.88. The molecule has 0 aliphatic heterocycles. The lowest BCUT2D eigenvalue weighted by atomic mass is 10.2. The summed E-state index contributed by atoms with van der Waals surface area (Å²) in [7, 11) is 3.14. The van der Waals surface area contributed by atoms with Gasteiger partial charge in [-0.1, -0.05) is 17.7 Å². The minimum Gasteiger partial charge on any atom is -0.493 e. The molecule has 0 fully saturated rings. The molecule has 144 valence electrons. The minimum atomic E-state index is -0.370. The number of benzene rings is 2. The van der Waals surface area contributed by atoms with E-state index < -0.39 is 0 Å². The fourth-order valence-electron chi connectivity index (χ4n) is 2.44. The summed E-state index contributed by atoms with van der Waals surface area (Å²) in [5.74, 6) is 1.34. The number of nitrogens with zero attached hydrogens (tertiary/aromatic N) is 2. The third-order valence-electron chi connectivity index (χ3n) is 3.97. The maximum Gasteiger partial charge on any atom is 0.275 e. The number of aryl methyl sites for hydroxylation is 1. The van der Waals surface area contributed by atoms with Crippen molar-refractivity contribution < 1.29 is 14.3 Å². The smallest absolute Gasteiger partial charge is 0.275 e. The molecule has 1 heterocycles. The van der Waals surface area contributed by atoms with Crippen LogP contribution in [0.1, 0.15) is 16.1 Å². The lowest BCUT2D eigenvalue weighted by Gasteiger charge is -2.11. The molecule has 2 aromatic carbocycles. The largest absolute Gasteiger partial charge is 0.493 e. The van der Waals surface area contributed by atoms with E-state index >= 15 is 0 Å². The Morgan fingerprint density at radius 3 is 2.36 bits per heavy atom. The number of carbonyl (C=O) groups excluding carboxylic acids is 1. The van der Waals surface area contributed by atoms with Gasteiger partial charge in [0.2, 0.25) is 0 Å². The second-order valence-corrected chi connectivity index (χ2v) is 6.31. The molecule has 0 saturated carbocycles. The predicted molar refractivity (Wildman–Crippen MR) is 109 cm³/mol. The number of nitrogens with one attached hydrogen (secondary N) is 2. The molecule has 3 rings (SSSR count). The molecule has 7 nitrogen and oxygen atoms in total. The molecular weight excluding hydrogens is 380 g/mol. The Morgan fingerprint density at radius 2 is 1.71 bits per heavy atom. The first kappa shape index (κ1) is 19.4. The number of ether oxygens (including phenoxy) is 2. The topological polar surface area (TPSA) is 85.4 Å². The van der Waals surface area contributed by atoms with Crippen LogP contribution in [-0.4, -0.2) is 30.1 Å². The fourth-order valence-corrected chi connectivity index (χ4v) is 2.62. The Bertz CT molecular complexity index is 993. The highest BCUT2D eigenvalue weighted by molar-refractivity contribution is 6.31. The molecule has 1 aromatic heterocycles.